The van der Waals surface area contributed by atoms with Crippen LogP contribution in [0.3, 0.4) is 0 Å². The van der Waals surface area contributed by atoms with Crippen LogP contribution >= 0.6 is 7.52 Å². The third-order valence-corrected chi connectivity index (χ3v) is 8.82. The standard InChI is InChI=1S/C23H34NO3P/c1-4-5-7-14-21-19(15-16-22(21)25)13-10-17-28(26)24(3)18(2)23(27-28)20-11-8-6-9-12-20/h6,8-12,17-19,21,23H,4-5,7,13-16H2,1-3H3/b17-10+/t18-,19-,21+,23-,28+/m0/s1. The number of nitrogens with zero attached hydrogens (tertiary/aromatic N) is 1. The van der Waals surface area contributed by atoms with Gasteiger partial charge < -0.3 is 4.52 Å². The Balaban J connectivity index is 1.63. The molecule has 0 radical (unpaired) electrons. The van der Waals surface area contributed by atoms with E-state index in [0.29, 0.717) is 18.1 Å². The quantitative estimate of drug-likeness (QED) is 0.375. The lowest BCUT2D eigenvalue weighted by atomic mass is 9.88. The van der Waals surface area contributed by atoms with Gasteiger partial charge in [-0.25, -0.2) is 4.67 Å². The molecule has 1 saturated heterocycles. The highest BCUT2D eigenvalue weighted by Crippen LogP contribution is 2.63. The van der Waals surface area contributed by atoms with Crippen LogP contribution in [-0.2, 0) is 13.9 Å². The molecule has 0 spiro atoms. The first-order valence-corrected chi connectivity index (χ1v) is 12.4. The van der Waals surface area contributed by atoms with E-state index < -0.39 is 7.52 Å². The highest BCUT2D eigenvalue weighted by molar-refractivity contribution is 7.60. The second-order valence-electron chi connectivity index (χ2n) is 8.30. The summed E-state index contributed by atoms with van der Waals surface area (Å²) in [5.41, 5.74) is 1.06. The Morgan fingerprint density at radius 1 is 1.25 bits per heavy atom. The second kappa shape index (κ2) is 9.52. The van der Waals surface area contributed by atoms with Gasteiger partial charge in [-0.3, -0.25) is 9.36 Å². The molecular formula is C23H34NO3P. The lowest BCUT2D eigenvalue weighted by Gasteiger charge is -2.19. The topological polar surface area (TPSA) is 46.6 Å². The van der Waals surface area contributed by atoms with Crippen LogP contribution in [-0.4, -0.2) is 23.5 Å². The summed E-state index contributed by atoms with van der Waals surface area (Å²) in [7, 11) is -1.11. The Morgan fingerprint density at radius 2 is 2.00 bits per heavy atom. The van der Waals surface area contributed by atoms with Gasteiger partial charge in [0.05, 0.1) is 0 Å². The molecule has 0 aromatic heterocycles. The second-order valence-corrected chi connectivity index (χ2v) is 10.6. The Morgan fingerprint density at radius 3 is 2.71 bits per heavy atom. The van der Waals surface area contributed by atoms with Crippen molar-refractivity contribution in [3.63, 3.8) is 0 Å². The van der Waals surface area contributed by atoms with E-state index in [1.807, 2.05) is 48.1 Å². The highest BCUT2D eigenvalue weighted by Gasteiger charge is 2.45. The number of rotatable bonds is 8. The molecule has 1 aromatic carbocycles. The van der Waals surface area contributed by atoms with Crippen LogP contribution in [0, 0.1) is 11.8 Å². The van der Waals surface area contributed by atoms with Crippen LogP contribution in [0.2, 0.25) is 0 Å². The predicted octanol–water partition coefficient (Wildman–Crippen LogP) is 6.35. The zero-order chi connectivity index (χ0) is 20.1. The molecule has 1 heterocycles. The summed E-state index contributed by atoms with van der Waals surface area (Å²) in [4.78, 5) is 12.2. The van der Waals surface area contributed by atoms with E-state index in [2.05, 4.69) is 13.8 Å². The van der Waals surface area contributed by atoms with Gasteiger partial charge in [0, 0.05) is 24.2 Å². The molecule has 5 heteroatoms. The van der Waals surface area contributed by atoms with Gasteiger partial charge in [-0.15, -0.1) is 0 Å². The number of ketones is 1. The number of hydrogen-bond acceptors (Lipinski definition) is 3. The lowest BCUT2D eigenvalue weighted by molar-refractivity contribution is -0.121. The van der Waals surface area contributed by atoms with E-state index in [1.54, 1.807) is 5.82 Å². The first-order chi connectivity index (χ1) is 13.5. The lowest BCUT2D eigenvalue weighted by Crippen LogP contribution is -2.23. The molecule has 2 aliphatic rings. The Bertz CT molecular complexity index is 733. The minimum absolute atomic E-state index is 0.0488. The summed E-state index contributed by atoms with van der Waals surface area (Å²) < 4.78 is 21.4. The molecule has 1 saturated carbocycles. The summed E-state index contributed by atoms with van der Waals surface area (Å²) in [6.45, 7) is 4.25. The maximum absolute atomic E-state index is 13.4. The number of unbranched alkanes of at least 4 members (excludes halogenated alkanes) is 2. The SMILES string of the molecule is CCCCC[C@H]1C(=O)CC[C@@H]1C/C=C/[P@@]1(=O)O[C@H](c2ccccc2)[C@H](C)N1C. The van der Waals surface area contributed by atoms with Gasteiger partial charge in [-0.05, 0) is 44.7 Å². The van der Waals surface area contributed by atoms with Crippen molar-refractivity contribution in [2.75, 3.05) is 7.05 Å². The van der Waals surface area contributed by atoms with Gasteiger partial charge in [0.1, 0.15) is 11.9 Å². The number of benzene rings is 1. The molecule has 1 aliphatic carbocycles. The molecule has 2 fully saturated rings. The average molecular weight is 404 g/mol. The predicted molar refractivity (Wildman–Crippen MR) is 114 cm³/mol. The van der Waals surface area contributed by atoms with Gasteiger partial charge in [-0.2, -0.15) is 0 Å². The molecule has 1 aliphatic heterocycles. The van der Waals surface area contributed by atoms with E-state index in [0.717, 1.165) is 31.2 Å². The van der Waals surface area contributed by atoms with E-state index in [4.69, 9.17) is 4.52 Å². The number of likely N-dealkylation sites (N-methyl/N-ethyl adjacent to an activating group) is 1. The Labute approximate surface area is 169 Å². The van der Waals surface area contributed by atoms with Crippen molar-refractivity contribution >= 4 is 13.3 Å². The largest absolute Gasteiger partial charge is 0.305 e. The zero-order valence-electron chi connectivity index (χ0n) is 17.4. The van der Waals surface area contributed by atoms with Gasteiger partial charge in [0.15, 0.2) is 0 Å². The fourth-order valence-electron chi connectivity index (χ4n) is 4.54. The Hall–Kier alpha value is -1.22. The summed E-state index contributed by atoms with van der Waals surface area (Å²) in [5, 5.41) is 0. The molecule has 5 atom stereocenters. The van der Waals surface area contributed by atoms with Gasteiger partial charge in [0.25, 0.3) is 7.52 Å². The van der Waals surface area contributed by atoms with Crippen molar-refractivity contribution in [2.45, 2.75) is 70.9 Å². The van der Waals surface area contributed by atoms with Crippen LogP contribution in [0.25, 0.3) is 0 Å². The maximum atomic E-state index is 13.4. The molecule has 3 rings (SSSR count). The normalized spacial score (nSPS) is 33.9. The molecule has 4 nitrogen and oxygen atoms in total. The van der Waals surface area contributed by atoms with E-state index in [1.165, 1.54) is 12.8 Å². The number of Topliss-reactive ketones (excluding diaryl/α,β-unsaturated/α-hetero) is 1. The molecule has 0 amide bonds. The number of carbonyl (C=O) groups excluding carboxylic acids is 1. The number of allylic oxidation sites excluding steroid dienone is 1. The minimum atomic E-state index is -2.99. The molecular weight excluding hydrogens is 369 g/mol. The summed E-state index contributed by atoms with van der Waals surface area (Å²) in [6, 6.07) is 10.1. The van der Waals surface area contributed by atoms with Crippen LogP contribution < -0.4 is 0 Å². The van der Waals surface area contributed by atoms with Gasteiger partial charge >= 0.3 is 0 Å². The van der Waals surface area contributed by atoms with E-state index in [-0.39, 0.29) is 18.1 Å². The van der Waals surface area contributed by atoms with Gasteiger partial charge in [0.2, 0.25) is 0 Å². The van der Waals surface area contributed by atoms with Crippen molar-refractivity contribution in [2.24, 2.45) is 11.8 Å². The van der Waals surface area contributed by atoms with E-state index in [9.17, 15) is 9.36 Å². The van der Waals surface area contributed by atoms with Crippen LogP contribution in [0.15, 0.2) is 42.2 Å². The van der Waals surface area contributed by atoms with Crippen molar-refractivity contribution in [1.29, 1.82) is 0 Å². The number of hydrogen-bond donors (Lipinski definition) is 0. The third-order valence-electron chi connectivity index (χ3n) is 6.46. The van der Waals surface area contributed by atoms with Crippen molar-refractivity contribution < 1.29 is 13.9 Å². The molecule has 0 bridgehead atoms. The van der Waals surface area contributed by atoms with Gasteiger partial charge in [-0.1, -0.05) is 62.6 Å². The maximum Gasteiger partial charge on any atom is 0.295 e. The van der Waals surface area contributed by atoms with Crippen LogP contribution in [0.5, 0.6) is 0 Å². The molecule has 154 valence electrons. The van der Waals surface area contributed by atoms with Crippen LogP contribution in [0.4, 0.5) is 0 Å². The molecule has 0 unspecified atom stereocenters. The summed E-state index contributed by atoms with van der Waals surface area (Å²) in [5.74, 6) is 2.78. The average Bonchev–Trinajstić information content (AvgIpc) is 3.16. The zero-order valence-corrected chi connectivity index (χ0v) is 18.3. The fourth-order valence-corrected chi connectivity index (χ4v) is 6.61. The summed E-state index contributed by atoms with van der Waals surface area (Å²) >= 11 is 0. The molecule has 28 heavy (non-hydrogen) atoms. The van der Waals surface area contributed by atoms with Crippen molar-refractivity contribution in [1.82, 2.24) is 4.67 Å². The molecule has 0 N–H and O–H groups in total. The first kappa shape index (κ1) is 21.5. The molecule has 1 aromatic rings. The summed E-state index contributed by atoms with van der Waals surface area (Å²) in [6.07, 6.45) is 8.82. The third kappa shape index (κ3) is 4.67. The van der Waals surface area contributed by atoms with Crippen LogP contribution in [0.1, 0.15) is 70.5 Å². The van der Waals surface area contributed by atoms with Crippen molar-refractivity contribution in [3.05, 3.63) is 47.8 Å². The van der Waals surface area contributed by atoms with Crippen molar-refractivity contribution in [3.8, 4) is 0 Å². The minimum Gasteiger partial charge on any atom is -0.305 e. The first-order valence-electron chi connectivity index (χ1n) is 10.7. The van der Waals surface area contributed by atoms with E-state index >= 15 is 0 Å². The highest BCUT2D eigenvalue weighted by atomic mass is 31.2. The monoisotopic (exact) mass is 403 g/mol. The number of carbonyl (C=O) groups is 1. The smallest absolute Gasteiger partial charge is 0.295 e. The fraction of sp³-hybridized carbons (Fsp3) is 0.609. The Kier molecular flexibility index (Phi) is 7.31.